The molecule has 0 unspecified atom stereocenters. The van der Waals surface area contributed by atoms with Crippen molar-refractivity contribution < 1.29 is 8.42 Å². The number of sulfonamides is 1. The molecule has 0 saturated heterocycles. The highest BCUT2D eigenvalue weighted by Crippen LogP contribution is 2.19. The van der Waals surface area contributed by atoms with E-state index in [-0.39, 0.29) is 4.90 Å². The van der Waals surface area contributed by atoms with Crippen molar-refractivity contribution in [3.8, 4) is 0 Å². The first-order valence-electron chi connectivity index (χ1n) is 6.97. The maximum atomic E-state index is 12.4. The number of nitrogens with zero attached hydrogens (tertiary/aromatic N) is 2. The second-order valence-corrected chi connectivity index (χ2v) is 7.59. The van der Waals surface area contributed by atoms with Crippen LogP contribution in [0.15, 0.2) is 57.8 Å². The van der Waals surface area contributed by atoms with Gasteiger partial charge in [0.1, 0.15) is 0 Å². The van der Waals surface area contributed by atoms with Gasteiger partial charge in [-0.15, -0.1) is 4.40 Å². The van der Waals surface area contributed by atoms with Crippen LogP contribution in [0, 0.1) is 6.92 Å². The van der Waals surface area contributed by atoms with E-state index in [4.69, 9.17) is 0 Å². The lowest BCUT2D eigenvalue weighted by Gasteiger charge is -2.01. The van der Waals surface area contributed by atoms with Crippen molar-refractivity contribution in [2.24, 2.45) is 4.40 Å². The van der Waals surface area contributed by atoms with E-state index in [2.05, 4.69) is 10.5 Å². The fraction of sp³-hybridized carbons (Fsp3) is 0.188. The van der Waals surface area contributed by atoms with Gasteiger partial charge in [-0.3, -0.25) is 0 Å². The standard InChI is InChI=1S/C16H16N2O2S2/c1-3-18-14-10-9-12(2)11-15(14)21-16(18)17-22(19,20)13-7-5-4-6-8-13/h4-11H,3H2,1-2H3. The van der Waals surface area contributed by atoms with Crippen LogP contribution in [-0.2, 0) is 16.6 Å². The number of fused-ring (bicyclic) bond motifs is 1. The molecular formula is C16H16N2O2S2. The van der Waals surface area contributed by atoms with Gasteiger partial charge in [-0.25, -0.2) is 0 Å². The van der Waals surface area contributed by atoms with Crippen LogP contribution in [0.4, 0.5) is 0 Å². The van der Waals surface area contributed by atoms with Crippen LogP contribution in [0.2, 0.25) is 0 Å². The molecule has 0 saturated carbocycles. The van der Waals surface area contributed by atoms with Gasteiger partial charge in [-0.2, -0.15) is 8.42 Å². The average Bonchev–Trinajstić information content (AvgIpc) is 2.83. The second kappa shape index (κ2) is 5.70. The van der Waals surface area contributed by atoms with Gasteiger partial charge in [-0.1, -0.05) is 35.6 Å². The van der Waals surface area contributed by atoms with Crippen molar-refractivity contribution in [1.82, 2.24) is 4.57 Å². The molecule has 1 aromatic heterocycles. The van der Waals surface area contributed by atoms with Crippen molar-refractivity contribution in [3.05, 3.63) is 58.9 Å². The van der Waals surface area contributed by atoms with E-state index in [9.17, 15) is 8.42 Å². The summed E-state index contributed by atoms with van der Waals surface area (Å²) < 4.78 is 31.9. The lowest BCUT2D eigenvalue weighted by Crippen LogP contribution is -2.16. The number of hydrogen-bond acceptors (Lipinski definition) is 3. The van der Waals surface area contributed by atoms with Gasteiger partial charge < -0.3 is 4.57 Å². The Hall–Kier alpha value is -1.92. The summed E-state index contributed by atoms with van der Waals surface area (Å²) in [4.78, 5) is 0.721. The van der Waals surface area contributed by atoms with Crippen molar-refractivity contribution in [3.63, 3.8) is 0 Å². The maximum absolute atomic E-state index is 12.4. The van der Waals surface area contributed by atoms with Crippen LogP contribution in [0.5, 0.6) is 0 Å². The average molecular weight is 332 g/mol. The minimum absolute atomic E-state index is 0.214. The molecule has 0 aliphatic heterocycles. The smallest absolute Gasteiger partial charge is 0.285 e. The predicted octanol–water partition coefficient (Wildman–Crippen LogP) is 3.32. The van der Waals surface area contributed by atoms with Crippen LogP contribution in [0.1, 0.15) is 12.5 Å². The number of aromatic nitrogens is 1. The Balaban J connectivity index is 2.25. The van der Waals surface area contributed by atoms with Crippen LogP contribution < -0.4 is 4.80 Å². The van der Waals surface area contributed by atoms with Crippen molar-refractivity contribution in [2.45, 2.75) is 25.3 Å². The lowest BCUT2D eigenvalue weighted by atomic mass is 10.2. The van der Waals surface area contributed by atoms with Gasteiger partial charge in [0.2, 0.25) is 4.80 Å². The van der Waals surface area contributed by atoms with Gasteiger partial charge in [0.25, 0.3) is 10.0 Å². The van der Waals surface area contributed by atoms with Crippen molar-refractivity contribution in [1.29, 1.82) is 0 Å². The summed E-state index contributed by atoms with van der Waals surface area (Å²) in [6, 6.07) is 14.4. The van der Waals surface area contributed by atoms with Crippen molar-refractivity contribution in [2.75, 3.05) is 0 Å². The zero-order valence-corrected chi connectivity index (χ0v) is 14.0. The Morgan fingerprint density at radius 1 is 1.14 bits per heavy atom. The summed E-state index contributed by atoms with van der Waals surface area (Å²) in [6.07, 6.45) is 0. The highest BCUT2D eigenvalue weighted by molar-refractivity contribution is 7.90. The van der Waals surface area contributed by atoms with Gasteiger partial charge in [0, 0.05) is 6.54 Å². The fourth-order valence-corrected chi connectivity index (χ4v) is 4.72. The first-order valence-corrected chi connectivity index (χ1v) is 9.23. The Bertz CT molecular complexity index is 984. The molecule has 4 nitrogen and oxygen atoms in total. The molecule has 3 aromatic rings. The van der Waals surface area contributed by atoms with Crippen LogP contribution in [-0.4, -0.2) is 13.0 Å². The zero-order chi connectivity index (χ0) is 15.7. The van der Waals surface area contributed by atoms with E-state index in [0.717, 1.165) is 15.8 Å². The number of aryl methyl sites for hydroxylation is 2. The Kier molecular flexibility index (Phi) is 3.88. The molecule has 6 heteroatoms. The summed E-state index contributed by atoms with van der Waals surface area (Å²) >= 11 is 1.40. The summed E-state index contributed by atoms with van der Waals surface area (Å²) in [5.41, 5.74) is 2.16. The third-order valence-corrected chi connectivity index (χ3v) is 5.83. The minimum atomic E-state index is -3.69. The van der Waals surface area contributed by atoms with Crippen LogP contribution in [0.25, 0.3) is 10.2 Å². The topological polar surface area (TPSA) is 51.4 Å². The molecular weight excluding hydrogens is 316 g/mol. The molecule has 3 rings (SSSR count). The maximum Gasteiger partial charge on any atom is 0.285 e. The molecule has 2 aromatic carbocycles. The van der Waals surface area contributed by atoms with E-state index in [1.807, 2.05) is 30.5 Å². The number of hydrogen-bond donors (Lipinski definition) is 0. The molecule has 114 valence electrons. The molecule has 0 fully saturated rings. The third kappa shape index (κ3) is 2.71. The van der Waals surface area contributed by atoms with E-state index >= 15 is 0 Å². The molecule has 0 bridgehead atoms. The van der Waals surface area contributed by atoms with E-state index in [0.29, 0.717) is 11.3 Å². The van der Waals surface area contributed by atoms with E-state index in [1.165, 1.54) is 11.3 Å². The quantitative estimate of drug-likeness (QED) is 0.739. The highest BCUT2D eigenvalue weighted by Gasteiger charge is 2.13. The SMILES string of the molecule is CCn1c(=NS(=O)(=O)c2ccccc2)sc2cc(C)ccc21. The molecule has 0 radical (unpaired) electrons. The Morgan fingerprint density at radius 2 is 1.86 bits per heavy atom. The summed E-state index contributed by atoms with van der Waals surface area (Å²) in [6.45, 7) is 4.68. The molecule has 0 aliphatic carbocycles. The van der Waals surface area contributed by atoms with Crippen LogP contribution >= 0.6 is 11.3 Å². The molecule has 1 heterocycles. The molecule has 0 N–H and O–H groups in total. The number of benzene rings is 2. The van der Waals surface area contributed by atoms with Gasteiger partial charge in [0.15, 0.2) is 0 Å². The van der Waals surface area contributed by atoms with Gasteiger partial charge in [-0.05, 0) is 43.7 Å². The monoisotopic (exact) mass is 332 g/mol. The first kappa shape index (κ1) is 15.0. The van der Waals surface area contributed by atoms with Gasteiger partial charge >= 0.3 is 0 Å². The van der Waals surface area contributed by atoms with Crippen molar-refractivity contribution >= 4 is 31.6 Å². The molecule has 0 amide bonds. The van der Waals surface area contributed by atoms with E-state index < -0.39 is 10.0 Å². The normalized spacial score (nSPS) is 12.9. The first-order chi connectivity index (χ1) is 10.5. The molecule has 22 heavy (non-hydrogen) atoms. The highest BCUT2D eigenvalue weighted by atomic mass is 32.2. The van der Waals surface area contributed by atoms with Gasteiger partial charge in [0.05, 0.1) is 15.1 Å². The summed E-state index contributed by atoms with van der Waals surface area (Å²) in [7, 11) is -3.69. The predicted molar refractivity (Wildman–Crippen MR) is 89.4 cm³/mol. The van der Waals surface area contributed by atoms with Crippen LogP contribution in [0.3, 0.4) is 0 Å². The number of rotatable bonds is 3. The van der Waals surface area contributed by atoms with E-state index in [1.54, 1.807) is 30.3 Å². The minimum Gasteiger partial charge on any atom is -0.316 e. The molecule has 0 spiro atoms. The lowest BCUT2D eigenvalue weighted by molar-refractivity contribution is 0.595. The molecule has 0 atom stereocenters. The second-order valence-electron chi connectivity index (χ2n) is 4.98. The summed E-state index contributed by atoms with van der Waals surface area (Å²) in [5, 5.41) is 0. The summed E-state index contributed by atoms with van der Waals surface area (Å²) in [5.74, 6) is 0. The zero-order valence-electron chi connectivity index (χ0n) is 12.4. The molecule has 0 aliphatic rings. The Morgan fingerprint density at radius 3 is 2.55 bits per heavy atom. The Labute approximate surface area is 133 Å². The largest absolute Gasteiger partial charge is 0.316 e. The number of thiazole rings is 1. The third-order valence-electron chi connectivity index (χ3n) is 3.39. The fourth-order valence-electron chi connectivity index (χ4n) is 2.30.